The van der Waals surface area contributed by atoms with Gasteiger partial charge in [-0.2, -0.15) is 5.26 Å². The molecule has 1 saturated carbocycles. The van der Waals surface area contributed by atoms with E-state index in [-0.39, 0.29) is 15.8 Å². The summed E-state index contributed by atoms with van der Waals surface area (Å²) < 4.78 is 27.7. The standard InChI is InChI=1S/C13H17N3O2S2/c14-9-11-2-3-12(19-11)20(17,18)16-10-4-7-15-13(8-10)5-1-6-13/h2-3,10,15-16H,1,4-8H2. The third-order valence-corrected chi connectivity index (χ3v) is 7.22. The lowest BCUT2D eigenvalue weighted by atomic mass is 9.70. The summed E-state index contributed by atoms with van der Waals surface area (Å²) >= 11 is 1.02. The van der Waals surface area contributed by atoms with Gasteiger partial charge in [0.05, 0.1) is 0 Å². The predicted octanol–water partition coefficient (Wildman–Crippen LogP) is 1.57. The molecule has 20 heavy (non-hydrogen) atoms. The van der Waals surface area contributed by atoms with E-state index in [1.165, 1.54) is 12.5 Å². The Balaban J connectivity index is 1.71. The summed E-state index contributed by atoms with van der Waals surface area (Å²) in [5.74, 6) is 0. The van der Waals surface area contributed by atoms with Crippen LogP contribution in [-0.4, -0.2) is 26.5 Å². The normalized spacial score (nSPS) is 25.1. The lowest BCUT2D eigenvalue weighted by Gasteiger charge is -2.48. The number of nitrogens with one attached hydrogen (secondary N) is 2. The fourth-order valence-electron chi connectivity index (χ4n) is 3.04. The number of nitriles is 1. The Morgan fingerprint density at radius 1 is 1.45 bits per heavy atom. The molecule has 0 radical (unpaired) electrons. The maximum atomic E-state index is 12.3. The van der Waals surface area contributed by atoms with Crippen LogP contribution in [-0.2, 0) is 10.0 Å². The van der Waals surface area contributed by atoms with Crippen LogP contribution >= 0.6 is 11.3 Å². The number of hydrogen-bond donors (Lipinski definition) is 2. The molecular weight excluding hydrogens is 294 g/mol. The van der Waals surface area contributed by atoms with Crippen molar-refractivity contribution < 1.29 is 8.42 Å². The van der Waals surface area contributed by atoms with Crippen LogP contribution in [0.3, 0.4) is 0 Å². The third kappa shape index (κ3) is 2.61. The molecule has 2 fully saturated rings. The van der Waals surface area contributed by atoms with Gasteiger partial charge < -0.3 is 5.32 Å². The topological polar surface area (TPSA) is 82.0 Å². The number of sulfonamides is 1. The summed E-state index contributed by atoms with van der Waals surface area (Å²) in [7, 11) is -3.49. The van der Waals surface area contributed by atoms with E-state index in [2.05, 4.69) is 10.0 Å². The molecule has 2 heterocycles. The lowest BCUT2D eigenvalue weighted by molar-refractivity contribution is 0.126. The first-order valence-corrected chi connectivity index (χ1v) is 9.10. The van der Waals surface area contributed by atoms with Gasteiger partial charge in [-0.05, 0) is 50.8 Å². The Kier molecular flexibility index (Phi) is 3.58. The highest BCUT2D eigenvalue weighted by Gasteiger charge is 2.41. The van der Waals surface area contributed by atoms with Gasteiger partial charge in [-0.3, -0.25) is 0 Å². The monoisotopic (exact) mass is 311 g/mol. The molecular formula is C13H17N3O2S2. The second-order valence-corrected chi connectivity index (χ2v) is 8.63. The minimum atomic E-state index is -3.49. The number of rotatable bonds is 3. The Morgan fingerprint density at radius 2 is 2.25 bits per heavy atom. The highest BCUT2D eigenvalue weighted by atomic mass is 32.2. The van der Waals surface area contributed by atoms with Crippen molar-refractivity contribution in [3.05, 3.63) is 17.0 Å². The van der Waals surface area contributed by atoms with E-state index in [4.69, 9.17) is 5.26 Å². The molecule has 2 aliphatic rings. The summed E-state index contributed by atoms with van der Waals surface area (Å²) in [6, 6.07) is 5.02. The van der Waals surface area contributed by atoms with E-state index in [1.54, 1.807) is 6.07 Å². The SMILES string of the molecule is N#Cc1ccc(S(=O)(=O)NC2CCNC3(CCC3)C2)s1. The molecule has 1 unspecified atom stereocenters. The van der Waals surface area contributed by atoms with Crippen LogP contribution in [0.1, 0.15) is 37.0 Å². The molecule has 108 valence electrons. The Bertz CT molecular complexity index is 641. The summed E-state index contributed by atoms with van der Waals surface area (Å²) in [5.41, 5.74) is 0.165. The van der Waals surface area contributed by atoms with Crippen LogP contribution in [0.4, 0.5) is 0 Å². The van der Waals surface area contributed by atoms with Gasteiger partial charge in [0, 0.05) is 11.6 Å². The lowest BCUT2D eigenvalue weighted by Crippen LogP contribution is -2.59. The molecule has 0 bridgehead atoms. The molecule has 2 N–H and O–H groups in total. The zero-order valence-electron chi connectivity index (χ0n) is 11.1. The molecule has 1 spiro atoms. The fraction of sp³-hybridized carbons (Fsp3) is 0.615. The average molecular weight is 311 g/mol. The first-order valence-electron chi connectivity index (χ1n) is 6.80. The molecule has 0 aromatic carbocycles. The van der Waals surface area contributed by atoms with Gasteiger partial charge in [-0.25, -0.2) is 13.1 Å². The van der Waals surface area contributed by atoms with Crippen molar-refractivity contribution in [2.75, 3.05) is 6.54 Å². The highest BCUT2D eigenvalue weighted by molar-refractivity contribution is 7.91. The van der Waals surface area contributed by atoms with Gasteiger partial charge in [0.15, 0.2) is 0 Å². The first-order chi connectivity index (χ1) is 9.53. The zero-order valence-corrected chi connectivity index (χ0v) is 12.7. The quantitative estimate of drug-likeness (QED) is 0.888. The van der Waals surface area contributed by atoms with Gasteiger partial charge in [0.2, 0.25) is 10.0 Å². The zero-order chi connectivity index (χ0) is 14.2. The Hall–Kier alpha value is -0.940. The summed E-state index contributed by atoms with van der Waals surface area (Å²) in [6.07, 6.45) is 5.19. The number of hydrogen-bond acceptors (Lipinski definition) is 5. The van der Waals surface area contributed by atoms with E-state index >= 15 is 0 Å². The van der Waals surface area contributed by atoms with Gasteiger partial charge in [-0.1, -0.05) is 0 Å². The van der Waals surface area contributed by atoms with Gasteiger partial charge in [-0.15, -0.1) is 11.3 Å². The van der Waals surface area contributed by atoms with Crippen LogP contribution in [0.25, 0.3) is 0 Å². The Morgan fingerprint density at radius 3 is 2.85 bits per heavy atom. The predicted molar refractivity (Wildman–Crippen MR) is 77.0 cm³/mol. The molecule has 1 atom stereocenters. The van der Waals surface area contributed by atoms with E-state index in [9.17, 15) is 8.42 Å². The maximum absolute atomic E-state index is 12.3. The molecule has 1 saturated heterocycles. The fourth-order valence-corrected chi connectivity index (χ4v) is 5.44. The molecule has 1 aromatic heterocycles. The molecule has 7 heteroatoms. The molecule has 1 aliphatic heterocycles. The van der Waals surface area contributed by atoms with Crippen molar-refractivity contribution in [3.8, 4) is 6.07 Å². The van der Waals surface area contributed by atoms with Crippen LogP contribution < -0.4 is 10.0 Å². The second kappa shape index (κ2) is 5.11. The van der Waals surface area contributed by atoms with Crippen molar-refractivity contribution in [2.24, 2.45) is 0 Å². The van der Waals surface area contributed by atoms with Crippen LogP contribution in [0.15, 0.2) is 16.3 Å². The van der Waals surface area contributed by atoms with E-state index in [1.807, 2.05) is 6.07 Å². The third-order valence-electron chi connectivity index (χ3n) is 4.22. The van der Waals surface area contributed by atoms with Crippen LogP contribution in [0, 0.1) is 11.3 Å². The van der Waals surface area contributed by atoms with Crippen molar-refractivity contribution in [3.63, 3.8) is 0 Å². The summed E-state index contributed by atoms with van der Waals surface area (Å²) in [5, 5.41) is 12.3. The Labute approximate surface area is 123 Å². The molecule has 1 aromatic rings. The second-order valence-electron chi connectivity index (χ2n) is 5.60. The molecule has 3 rings (SSSR count). The van der Waals surface area contributed by atoms with Crippen LogP contribution in [0.2, 0.25) is 0 Å². The number of thiophene rings is 1. The van der Waals surface area contributed by atoms with E-state index in [0.717, 1.165) is 43.6 Å². The minimum Gasteiger partial charge on any atom is -0.311 e. The molecule has 5 nitrogen and oxygen atoms in total. The van der Waals surface area contributed by atoms with Crippen molar-refractivity contribution in [1.82, 2.24) is 10.0 Å². The van der Waals surface area contributed by atoms with E-state index in [0.29, 0.717) is 4.88 Å². The first kappa shape index (κ1) is 14.0. The number of piperidine rings is 1. The van der Waals surface area contributed by atoms with Gasteiger partial charge in [0.1, 0.15) is 15.2 Å². The van der Waals surface area contributed by atoms with Crippen molar-refractivity contribution >= 4 is 21.4 Å². The molecule has 1 aliphatic carbocycles. The van der Waals surface area contributed by atoms with Crippen molar-refractivity contribution in [1.29, 1.82) is 5.26 Å². The minimum absolute atomic E-state index is 0.00538. The van der Waals surface area contributed by atoms with Crippen molar-refractivity contribution in [2.45, 2.75) is 47.9 Å². The summed E-state index contributed by atoms with van der Waals surface area (Å²) in [6.45, 7) is 0.862. The summed E-state index contributed by atoms with van der Waals surface area (Å²) in [4.78, 5) is 0.422. The maximum Gasteiger partial charge on any atom is 0.250 e. The molecule has 0 amide bonds. The van der Waals surface area contributed by atoms with Gasteiger partial charge >= 0.3 is 0 Å². The van der Waals surface area contributed by atoms with E-state index < -0.39 is 10.0 Å². The van der Waals surface area contributed by atoms with Crippen LogP contribution in [0.5, 0.6) is 0 Å². The number of nitrogens with zero attached hydrogens (tertiary/aromatic N) is 1. The highest BCUT2D eigenvalue weighted by Crippen LogP contribution is 2.38. The average Bonchev–Trinajstić information content (AvgIpc) is 2.86. The largest absolute Gasteiger partial charge is 0.311 e. The smallest absolute Gasteiger partial charge is 0.250 e. The van der Waals surface area contributed by atoms with Gasteiger partial charge in [0.25, 0.3) is 0 Å².